The molecule has 1 fully saturated rings. The maximum absolute atomic E-state index is 13.2. The van der Waals surface area contributed by atoms with E-state index in [9.17, 15) is 18.0 Å². The quantitative estimate of drug-likeness (QED) is 0.556. The second-order valence-corrected chi connectivity index (χ2v) is 10.3. The van der Waals surface area contributed by atoms with Crippen LogP contribution in [0.3, 0.4) is 0 Å². The summed E-state index contributed by atoms with van der Waals surface area (Å²) in [6.07, 6.45) is 4.71. The van der Waals surface area contributed by atoms with Gasteiger partial charge in [-0.3, -0.25) is 4.79 Å². The first kappa shape index (κ1) is 24.5. The van der Waals surface area contributed by atoms with Crippen LogP contribution < -0.4 is 5.32 Å². The SMILES string of the molecule is CN(C1CCCCC1)S(=O)(=O)c1ccccc1NC(=O)COC(=O)c1c(Cl)cccc1Cl. The maximum Gasteiger partial charge on any atom is 0.341 e. The van der Waals surface area contributed by atoms with Crippen molar-refractivity contribution in [2.75, 3.05) is 19.0 Å². The Bertz CT molecular complexity index is 1080. The summed E-state index contributed by atoms with van der Waals surface area (Å²) in [5.41, 5.74) is 0.0766. The van der Waals surface area contributed by atoms with Gasteiger partial charge in [0, 0.05) is 13.1 Å². The molecule has 0 aromatic heterocycles. The monoisotopic (exact) mass is 498 g/mol. The molecule has 0 spiro atoms. The van der Waals surface area contributed by atoms with Crippen LogP contribution in [0.25, 0.3) is 0 Å². The Morgan fingerprint density at radius 3 is 2.31 bits per heavy atom. The average molecular weight is 499 g/mol. The maximum atomic E-state index is 13.2. The Morgan fingerprint density at radius 2 is 1.66 bits per heavy atom. The summed E-state index contributed by atoms with van der Waals surface area (Å²) in [5.74, 6) is -1.54. The third-order valence-corrected chi connectivity index (χ3v) is 8.01. The number of sulfonamides is 1. The Morgan fingerprint density at radius 1 is 1.03 bits per heavy atom. The van der Waals surface area contributed by atoms with Gasteiger partial charge in [-0.05, 0) is 37.1 Å². The Labute approximate surface area is 197 Å². The van der Waals surface area contributed by atoms with Crippen LogP contribution in [0.2, 0.25) is 10.0 Å². The molecule has 0 aliphatic heterocycles. The molecule has 1 N–H and O–H groups in total. The molecule has 2 aromatic carbocycles. The summed E-state index contributed by atoms with van der Waals surface area (Å²) in [6, 6.07) is 10.6. The average Bonchev–Trinajstić information content (AvgIpc) is 2.78. The predicted molar refractivity (Wildman–Crippen MR) is 124 cm³/mol. The van der Waals surface area contributed by atoms with E-state index in [-0.39, 0.29) is 32.2 Å². The number of para-hydroxylation sites is 1. The van der Waals surface area contributed by atoms with Gasteiger partial charge in [0.2, 0.25) is 10.0 Å². The van der Waals surface area contributed by atoms with Gasteiger partial charge in [0.1, 0.15) is 4.90 Å². The third kappa shape index (κ3) is 5.61. The number of benzene rings is 2. The van der Waals surface area contributed by atoms with Crippen molar-refractivity contribution < 1.29 is 22.7 Å². The number of rotatable bonds is 7. The molecule has 1 saturated carbocycles. The van der Waals surface area contributed by atoms with E-state index in [1.54, 1.807) is 25.2 Å². The van der Waals surface area contributed by atoms with Crippen LogP contribution in [0.4, 0.5) is 5.69 Å². The van der Waals surface area contributed by atoms with E-state index in [2.05, 4.69) is 5.32 Å². The van der Waals surface area contributed by atoms with Crippen molar-refractivity contribution in [3.8, 4) is 0 Å². The zero-order chi connectivity index (χ0) is 23.3. The normalized spacial score (nSPS) is 14.9. The molecule has 0 radical (unpaired) electrons. The molecule has 2 aromatic rings. The van der Waals surface area contributed by atoms with Gasteiger partial charge in [0.15, 0.2) is 6.61 Å². The lowest BCUT2D eigenvalue weighted by atomic mass is 9.96. The number of carbonyl (C=O) groups is 2. The summed E-state index contributed by atoms with van der Waals surface area (Å²) in [4.78, 5) is 24.7. The van der Waals surface area contributed by atoms with Crippen LogP contribution in [0, 0.1) is 0 Å². The molecule has 3 rings (SSSR count). The highest BCUT2D eigenvalue weighted by molar-refractivity contribution is 7.89. The number of amides is 1. The fraction of sp³-hybridized carbons (Fsp3) is 0.364. The van der Waals surface area contributed by atoms with Crippen LogP contribution in [0.5, 0.6) is 0 Å². The number of ether oxygens (including phenoxy) is 1. The van der Waals surface area contributed by atoms with Crippen molar-refractivity contribution in [1.82, 2.24) is 4.31 Å². The minimum Gasteiger partial charge on any atom is -0.452 e. The van der Waals surface area contributed by atoms with Gasteiger partial charge in [-0.25, -0.2) is 13.2 Å². The van der Waals surface area contributed by atoms with Crippen molar-refractivity contribution in [3.63, 3.8) is 0 Å². The highest BCUT2D eigenvalue weighted by Gasteiger charge is 2.31. The molecule has 7 nitrogen and oxygen atoms in total. The van der Waals surface area contributed by atoms with E-state index in [1.165, 1.54) is 28.6 Å². The molecule has 1 aliphatic carbocycles. The molecular weight excluding hydrogens is 475 g/mol. The lowest BCUT2D eigenvalue weighted by Gasteiger charge is -2.30. The zero-order valence-electron chi connectivity index (χ0n) is 17.5. The van der Waals surface area contributed by atoms with Crippen molar-refractivity contribution in [1.29, 1.82) is 0 Å². The number of halogens is 2. The minimum atomic E-state index is -3.82. The molecule has 0 saturated heterocycles. The van der Waals surface area contributed by atoms with Crippen LogP contribution in [0.15, 0.2) is 47.4 Å². The standard InChI is InChI=1S/C22H24Cl2N2O5S/c1-26(15-8-3-2-4-9-15)32(29,30)19-13-6-5-12-18(19)25-20(27)14-31-22(28)21-16(23)10-7-11-17(21)24/h5-7,10-13,15H,2-4,8-9,14H2,1H3,(H,25,27). The van der Waals surface area contributed by atoms with Gasteiger partial charge < -0.3 is 10.1 Å². The molecule has 172 valence electrons. The molecular formula is C22H24Cl2N2O5S. The summed E-state index contributed by atoms with van der Waals surface area (Å²) in [5, 5.41) is 2.73. The fourth-order valence-corrected chi connectivity index (χ4v) is 5.79. The van der Waals surface area contributed by atoms with E-state index in [1.807, 2.05) is 0 Å². The lowest BCUT2D eigenvalue weighted by molar-refractivity contribution is -0.119. The molecule has 1 aliphatic rings. The largest absolute Gasteiger partial charge is 0.452 e. The van der Waals surface area contributed by atoms with Crippen molar-refractivity contribution in [2.45, 2.75) is 43.0 Å². The smallest absolute Gasteiger partial charge is 0.341 e. The van der Waals surface area contributed by atoms with E-state index >= 15 is 0 Å². The first-order valence-electron chi connectivity index (χ1n) is 10.2. The van der Waals surface area contributed by atoms with Gasteiger partial charge in [0.25, 0.3) is 5.91 Å². The van der Waals surface area contributed by atoms with Gasteiger partial charge in [-0.15, -0.1) is 0 Å². The molecule has 32 heavy (non-hydrogen) atoms. The Balaban J connectivity index is 1.70. The van der Waals surface area contributed by atoms with Gasteiger partial charge in [-0.2, -0.15) is 4.31 Å². The number of nitrogens with one attached hydrogen (secondary N) is 1. The predicted octanol–water partition coefficient (Wildman–Crippen LogP) is 4.74. The Kier molecular flexibility index (Phi) is 8.16. The summed E-state index contributed by atoms with van der Waals surface area (Å²) in [7, 11) is -2.26. The molecule has 0 bridgehead atoms. The summed E-state index contributed by atoms with van der Waals surface area (Å²) >= 11 is 12.0. The second kappa shape index (κ2) is 10.7. The molecule has 1 amide bonds. The number of carbonyl (C=O) groups excluding carboxylic acids is 2. The zero-order valence-corrected chi connectivity index (χ0v) is 19.8. The topological polar surface area (TPSA) is 92.8 Å². The van der Waals surface area contributed by atoms with Gasteiger partial charge in [-0.1, -0.05) is 60.7 Å². The molecule has 10 heteroatoms. The van der Waals surface area contributed by atoms with E-state index in [0.29, 0.717) is 0 Å². The number of hydrogen-bond acceptors (Lipinski definition) is 5. The number of esters is 1. The van der Waals surface area contributed by atoms with Crippen LogP contribution >= 0.6 is 23.2 Å². The van der Waals surface area contributed by atoms with Crippen molar-refractivity contribution in [3.05, 3.63) is 58.1 Å². The van der Waals surface area contributed by atoms with E-state index < -0.39 is 28.5 Å². The third-order valence-electron chi connectivity index (χ3n) is 5.41. The summed E-state index contributed by atoms with van der Waals surface area (Å²) in [6.45, 7) is -0.632. The van der Waals surface area contributed by atoms with Gasteiger partial charge in [0.05, 0.1) is 21.3 Å². The highest BCUT2D eigenvalue weighted by Crippen LogP contribution is 2.30. The van der Waals surface area contributed by atoms with Crippen LogP contribution in [0.1, 0.15) is 42.5 Å². The number of nitrogens with zero attached hydrogens (tertiary/aromatic N) is 1. The molecule has 0 atom stereocenters. The first-order valence-corrected chi connectivity index (χ1v) is 12.4. The van der Waals surface area contributed by atoms with Gasteiger partial charge >= 0.3 is 5.97 Å². The highest BCUT2D eigenvalue weighted by atomic mass is 35.5. The lowest BCUT2D eigenvalue weighted by Crippen LogP contribution is -2.38. The van der Waals surface area contributed by atoms with Crippen molar-refractivity contribution in [2.24, 2.45) is 0 Å². The fourth-order valence-electron chi connectivity index (χ4n) is 3.67. The van der Waals surface area contributed by atoms with E-state index in [0.717, 1.165) is 32.1 Å². The number of anilines is 1. The van der Waals surface area contributed by atoms with Crippen molar-refractivity contribution >= 4 is 50.8 Å². The minimum absolute atomic E-state index is 0.0121. The Hall–Kier alpha value is -2.13. The second-order valence-electron chi connectivity index (χ2n) is 7.53. The molecule has 0 unspecified atom stereocenters. The summed E-state index contributed by atoms with van der Waals surface area (Å²) < 4.78 is 32.8. The van der Waals surface area contributed by atoms with E-state index in [4.69, 9.17) is 27.9 Å². The van der Waals surface area contributed by atoms with Crippen LogP contribution in [-0.4, -0.2) is 44.3 Å². The number of hydrogen-bond donors (Lipinski definition) is 1. The molecule has 0 heterocycles. The van der Waals surface area contributed by atoms with Crippen LogP contribution in [-0.2, 0) is 19.6 Å². The first-order chi connectivity index (χ1) is 15.2.